The van der Waals surface area contributed by atoms with Crippen molar-refractivity contribution in [2.75, 3.05) is 20.2 Å². The Bertz CT molecular complexity index is 473. The lowest BCUT2D eigenvalue weighted by Gasteiger charge is -2.18. The van der Waals surface area contributed by atoms with Crippen LogP contribution in [0.15, 0.2) is 12.1 Å². The number of benzene rings is 1. The topological polar surface area (TPSA) is 50.4 Å². The molecule has 1 aromatic rings. The van der Waals surface area contributed by atoms with Gasteiger partial charge in [0.05, 0.1) is 12.1 Å². The predicted octanol–water partition coefficient (Wildman–Crippen LogP) is 0.820. The minimum absolute atomic E-state index is 0.268. The molecule has 0 aromatic heterocycles. The molecule has 1 amide bonds. The van der Waals surface area contributed by atoms with Gasteiger partial charge in [0, 0.05) is 32.3 Å². The van der Waals surface area contributed by atoms with Crippen LogP contribution in [-0.2, 0) is 4.74 Å². The molecule has 104 valence electrons. The Kier molecular flexibility index (Phi) is 4.06. The highest BCUT2D eigenvalue weighted by Crippen LogP contribution is 2.15. The summed E-state index contributed by atoms with van der Waals surface area (Å²) >= 11 is 0. The summed E-state index contributed by atoms with van der Waals surface area (Å²) in [4.78, 5) is 11.8. The standard InChI is InChI=1S/C12H13F3N2O2/c1-19-10-5-16-4-9(10)17-12(18)11-7(14)2-6(13)3-8(11)15/h2-3,9-10,16H,4-5H2,1H3,(H,17,18)/t9?,10-/m0/s1. The normalized spacial score (nSPS) is 22.5. The smallest absolute Gasteiger partial charge is 0.257 e. The number of nitrogens with one attached hydrogen (secondary N) is 2. The van der Waals surface area contributed by atoms with Crippen LogP contribution in [0.3, 0.4) is 0 Å². The number of ether oxygens (including phenoxy) is 1. The van der Waals surface area contributed by atoms with E-state index in [0.29, 0.717) is 25.2 Å². The Morgan fingerprint density at radius 3 is 2.53 bits per heavy atom. The second-order valence-corrected chi connectivity index (χ2v) is 4.26. The number of halogens is 3. The van der Waals surface area contributed by atoms with Crippen molar-refractivity contribution >= 4 is 5.91 Å². The summed E-state index contributed by atoms with van der Waals surface area (Å²) in [6, 6.07) is 0.554. The van der Waals surface area contributed by atoms with Gasteiger partial charge in [-0.25, -0.2) is 13.2 Å². The van der Waals surface area contributed by atoms with Crippen LogP contribution in [-0.4, -0.2) is 38.3 Å². The van der Waals surface area contributed by atoms with Crippen molar-refractivity contribution in [3.8, 4) is 0 Å². The van der Waals surface area contributed by atoms with Gasteiger partial charge in [-0.3, -0.25) is 4.79 Å². The molecule has 1 fully saturated rings. The third-order valence-corrected chi connectivity index (χ3v) is 3.01. The van der Waals surface area contributed by atoms with Crippen LogP contribution < -0.4 is 10.6 Å². The van der Waals surface area contributed by atoms with Crippen molar-refractivity contribution in [2.24, 2.45) is 0 Å². The second kappa shape index (κ2) is 5.58. The van der Waals surface area contributed by atoms with Gasteiger partial charge in [0.1, 0.15) is 23.0 Å². The predicted molar refractivity (Wildman–Crippen MR) is 61.2 cm³/mol. The Hall–Kier alpha value is -1.60. The molecule has 2 N–H and O–H groups in total. The van der Waals surface area contributed by atoms with E-state index < -0.39 is 28.9 Å². The van der Waals surface area contributed by atoms with Gasteiger partial charge in [0.2, 0.25) is 0 Å². The summed E-state index contributed by atoms with van der Waals surface area (Å²) in [5.74, 6) is -4.44. The van der Waals surface area contributed by atoms with Gasteiger partial charge in [-0.1, -0.05) is 0 Å². The minimum atomic E-state index is -1.23. The zero-order valence-corrected chi connectivity index (χ0v) is 10.2. The monoisotopic (exact) mass is 274 g/mol. The summed E-state index contributed by atoms with van der Waals surface area (Å²) in [5, 5.41) is 5.45. The molecule has 0 spiro atoms. The van der Waals surface area contributed by atoms with Gasteiger partial charge in [-0.15, -0.1) is 0 Å². The van der Waals surface area contributed by atoms with Crippen LogP contribution >= 0.6 is 0 Å². The van der Waals surface area contributed by atoms with Crippen LogP contribution in [0.5, 0.6) is 0 Å². The van der Waals surface area contributed by atoms with E-state index in [1.807, 2.05) is 0 Å². The summed E-state index contributed by atoms with van der Waals surface area (Å²) < 4.78 is 44.7. The van der Waals surface area contributed by atoms with Crippen LogP contribution in [0.4, 0.5) is 13.2 Å². The molecule has 0 bridgehead atoms. The fourth-order valence-electron chi connectivity index (χ4n) is 2.05. The second-order valence-electron chi connectivity index (χ2n) is 4.26. The first-order valence-electron chi connectivity index (χ1n) is 5.72. The van der Waals surface area contributed by atoms with Gasteiger partial charge in [0.15, 0.2) is 0 Å². The summed E-state index contributed by atoms with van der Waals surface area (Å²) in [6.07, 6.45) is -0.268. The Morgan fingerprint density at radius 2 is 1.95 bits per heavy atom. The quantitative estimate of drug-likeness (QED) is 0.858. The minimum Gasteiger partial charge on any atom is -0.378 e. The molecule has 1 aliphatic heterocycles. The molecule has 1 aliphatic rings. The summed E-state index contributed by atoms with van der Waals surface area (Å²) in [6.45, 7) is 0.977. The highest BCUT2D eigenvalue weighted by Gasteiger charge is 2.30. The van der Waals surface area contributed by atoms with E-state index >= 15 is 0 Å². The Balaban J connectivity index is 2.16. The molecule has 19 heavy (non-hydrogen) atoms. The van der Waals surface area contributed by atoms with E-state index in [1.54, 1.807) is 0 Å². The molecule has 1 aromatic carbocycles. The first-order valence-corrected chi connectivity index (χ1v) is 5.72. The molecule has 0 radical (unpaired) electrons. The van der Waals surface area contributed by atoms with E-state index in [-0.39, 0.29) is 12.1 Å². The van der Waals surface area contributed by atoms with E-state index in [4.69, 9.17) is 4.74 Å². The van der Waals surface area contributed by atoms with Crippen LogP contribution in [0.1, 0.15) is 10.4 Å². The summed E-state index contributed by atoms with van der Waals surface area (Å²) in [5.41, 5.74) is -0.789. The lowest BCUT2D eigenvalue weighted by Crippen LogP contribution is -2.44. The van der Waals surface area contributed by atoms with Gasteiger partial charge in [-0.2, -0.15) is 0 Å². The van der Waals surface area contributed by atoms with Crippen molar-refractivity contribution in [3.63, 3.8) is 0 Å². The van der Waals surface area contributed by atoms with Gasteiger partial charge >= 0.3 is 0 Å². The maximum Gasteiger partial charge on any atom is 0.257 e. The zero-order valence-electron chi connectivity index (χ0n) is 10.2. The number of hydrogen-bond acceptors (Lipinski definition) is 3. The third kappa shape index (κ3) is 2.87. The molecule has 2 rings (SSSR count). The lowest BCUT2D eigenvalue weighted by molar-refractivity contribution is 0.0773. The van der Waals surface area contributed by atoms with Crippen LogP contribution in [0.25, 0.3) is 0 Å². The van der Waals surface area contributed by atoms with Crippen molar-refractivity contribution in [1.82, 2.24) is 10.6 Å². The first kappa shape index (κ1) is 13.8. The van der Waals surface area contributed by atoms with E-state index in [1.165, 1.54) is 7.11 Å². The molecule has 4 nitrogen and oxygen atoms in total. The lowest BCUT2D eigenvalue weighted by atomic mass is 10.1. The largest absolute Gasteiger partial charge is 0.378 e. The molecule has 2 atom stereocenters. The molecule has 1 saturated heterocycles. The number of hydrogen-bond donors (Lipinski definition) is 2. The van der Waals surface area contributed by atoms with Crippen LogP contribution in [0, 0.1) is 17.5 Å². The van der Waals surface area contributed by atoms with Crippen molar-refractivity contribution in [3.05, 3.63) is 35.1 Å². The van der Waals surface area contributed by atoms with E-state index in [9.17, 15) is 18.0 Å². The molecule has 0 saturated carbocycles. The third-order valence-electron chi connectivity index (χ3n) is 3.01. The average Bonchev–Trinajstić information content (AvgIpc) is 2.74. The maximum atomic E-state index is 13.4. The molecule has 1 heterocycles. The van der Waals surface area contributed by atoms with Crippen molar-refractivity contribution in [1.29, 1.82) is 0 Å². The Labute approximate surface area is 107 Å². The Morgan fingerprint density at radius 1 is 1.32 bits per heavy atom. The fourth-order valence-corrected chi connectivity index (χ4v) is 2.05. The van der Waals surface area contributed by atoms with Gasteiger partial charge in [0.25, 0.3) is 5.91 Å². The number of carbonyl (C=O) groups excluding carboxylic acids is 1. The molecule has 7 heteroatoms. The summed E-state index contributed by atoms with van der Waals surface area (Å²) in [7, 11) is 1.48. The maximum absolute atomic E-state index is 13.4. The number of carbonyl (C=O) groups is 1. The van der Waals surface area contributed by atoms with Gasteiger partial charge < -0.3 is 15.4 Å². The molecular formula is C12H13F3N2O2. The molecule has 1 unspecified atom stereocenters. The highest BCUT2D eigenvalue weighted by atomic mass is 19.1. The number of rotatable bonds is 3. The molecular weight excluding hydrogens is 261 g/mol. The number of methoxy groups -OCH3 is 1. The SMILES string of the molecule is CO[C@H]1CNCC1NC(=O)c1c(F)cc(F)cc1F. The van der Waals surface area contributed by atoms with Crippen LogP contribution in [0.2, 0.25) is 0 Å². The number of amides is 1. The average molecular weight is 274 g/mol. The molecule has 0 aliphatic carbocycles. The van der Waals surface area contributed by atoms with E-state index in [0.717, 1.165) is 0 Å². The highest BCUT2D eigenvalue weighted by molar-refractivity contribution is 5.95. The van der Waals surface area contributed by atoms with Crippen molar-refractivity contribution in [2.45, 2.75) is 12.1 Å². The first-order chi connectivity index (χ1) is 9.02. The zero-order chi connectivity index (χ0) is 14.0. The van der Waals surface area contributed by atoms with E-state index in [2.05, 4.69) is 10.6 Å². The fraction of sp³-hybridized carbons (Fsp3) is 0.417. The van der Waals surface area contributed by atoms with Crippen molar-refractivity contribution < 1.29 is 22.7 Å². The van der Waals surface area contributed by atoms with Gasteiger partial charge in [-0.05, 0) is 0 Å².